The van der Waals surface area contributed by atoms with Crippen LogP contribution in [0.2, 0.25) is 13.1 Å². The standard InChI is InChI=1S/C16H28N2O5Si/c1-10-8-18(14(21)17-13(10)20)16(24(5)6)7-11(12(9-19)23-16)22-15(2,3)4/h8,11-12,19,24H,7,9H2,1-6H3,(H,17,20,21)/t11-,12+,16-/m0/s1. The van der Waals surface area contributed by atoms with E-state index in [-0.39, 0.29) is 18.3 Å². The molecule has 1 aliphatic heterocycles. The Morgan fingerprint density at radius 3 is 2.58 bits per heavy atom. The van der Waals surface area contributed by atoms with Crippen LogP contribution in [0, 0.1) is 6.92 Å². The van der Waals surface area contributed by atoms with E-state index in [2.05, 4.69) is 18.1 Å². The number of aliphatic hydroxyl groups excluding tert-OH is 1. The molecule has 1 aromatic rings. The van der Waals surface area contributed by atoms with Gasteiger partial charge in [0.2, 0.25) is 0 Å². The van der Waals surface area contributed by atoms with Gasteiger partial charge in [0.15, 0.2) is 0 Å². The highest BCUT2D eigenvalue weighted by molar-refractivity contribution is 6.58. The maximum Gasteiger partial charge on any atom is 0.330 e. The van der Waals surface area contributed by atoms with Crippen molar-refractivity contribution in [3.8, 4) is 0 Å². The zero-order valence-electron chi connectivity index (χ0n) is 15.3. The summed E-state index contributed by atoms with van der Waals surface area (Å²) in [4.78, 5) is 26.5. The smallest absolute Gasteiger partial charge is 0.330 e. The van der Waals surface area contributed by atoms with Crippen LogP contribution in [0.3, 0.4) is 0 Å². The quantitative estimate of drug-likeness (QED) is 0.766. The van der Waals surface area contributed by atoms with E-state index in [0.29, 0.717) is 12.0 Å². The Morgan fingerprint density at radius 2 is 2.08 bits per heavy atom. The number of nitrogens with one attached hydrogen (secondary N) is 1. The lowest BCUT2D eigenvalue weighted by Gasteiger charge is -2.34. The average Bonchev–Trinajstić information content (AvgIpc) is 2.80. The Kier molecular flexibility index (Phi) is 5.24. The second-order valence-electron chi connectivity index (χ2n) is 7.75. The minimum Gasteiger partial charge on any atom is -0.394 e. The molecule has 0 aliphatic carbocycles. The van der Waals surface area contributed by atoms with E-state index in [1.54, 1.807) is 13.1 Å². The monoisotopic (exact) mass is 356 g/mol. The van der Waals surface area contributed by atoms with Crippen molar-refractivity contribution < 1.29 is 14.6 Å². The molecule has 1 saturated heterocycles. The van der Waals surface area contributed by atoms with Gasteiger partial charge in [0.25, 0.3) is 5.56 Å². The fraction of sp³-hybridized carbons (Fsp3) is 0.750. The molecule has 3 atom stereocenters. The minimum atomic E-state index is -1.58. The van der Waals surface area contributed by atoms with Crippen molar-refractivity contribution in [3.05, 3.63) is 32.6 Å². The van der Waals surface area contributed by atoms with Crippen LogP contribution in [0.5, 0.6) is 0 Å². The SMILES string of the molecule is Cc1cn([C@@]2([SiH](C)C)C[C@H](OC(C)(C)C)[C@@H](CO)O2)c(=O)[nH]c1=O. The molecule has 0 radical (unpaired) electrons. The van der Waals surface area contributed by atoms with Crippen molar-refractivity contribution >= 4 is 8.80 Å². The molecular formula is C16H28N2O5Si. The zero-order valence-corrected chi connectivity index (χ0v) is 16.4. The zero-order chi connectivity index (χ0) is 18.3. The summed E-state index contributed by atoms with van der Waals surface area (Å²) in [6, 6.07) is 0. The van der Waals surface area contributed by atoms with Gasteiger partial charge in [-0.3, -0.25) is 14.3 Å². The van der Waals surface area contributed by atoms with Crippen molar-refractivity contribution in [2.45, 2.75) is 70.4 Å². The summed E-state index contributed by atoms with van der Waals surface area (Å²) in [7, 11) is -1.58. The minimum absolute atomic E-state index is 0.180. The molecule has 0 saturated carbocycles. The molecule has 2 rings (SSSR count). The number of aryl methyl sites for hydroxylation is 1. The summed E-state index contributed by atoms with van der Waals surface area (Å²) in [5.74, 6) is 0. The van der Waals surface area contributed by atoms with E-state index >= 15 is 0 Å². The molecular weight excluding hydrogens is 328 g/mol. The van der Waals surface area contributed by atoms with Gasteiger partial charge in [-0.1, -0.05) is 13.1 Å². The van der Waals surface area contributed by atoms with Gasteiger partial charge in [-0.05, 0) is 27.7 Å². The third-order valence-corrected chi connectivity index (χ3v) is 6.83. The largest absolute Gasteiger partial charge is 0.394 e. The van der Waals surface area contributed by atoms with Crippen LogP contribution in [-0.4, -0.2) is 47.9 Å². The number of hydrogen-bond donors (Lipinski definition) is 2. The van der Waals surface area contributed by atoms with Gasteiger partial charge < -0.3 is 14.6 Å². The van der Waals surface area contributed by atoms with Crippen LogP contribution in [0.4, 0.5) is 0 Å². The lowest BCUT2D eigenvalue weighted by molar-refractivity contribution is -0.113. The Hall–Kier alpha value is -1.22. The van der Waals surface area contributed by atoms with E-state index in [9.17, 15) is 14.7 Å². The summed E-state index contributed by atoms with van der Waals surface area (Å²) < 4.78 is 13.8. The molecule has 1 aromatic heterocycles. The number of aromatic nitrogens is 2. The Balaban J connectivity index is 2.52. The molecule has 24 heavy (non-hydrogen) atoms. The lowest BCUT2D eigenvalue weighted by Crippen LogP contribution is -2.52. The number of H-pyrrole nitrogens is 1. The van der Waals surface area contributed by atoms with E-state index in [1.165, 1.54) is 4.57 Å². The number of aliphatic hydroxyl groups is 1. The van der Waals surface area contributed by atoms with Gasteiger partial charge in [-0.2, -0.15) is 0 Å². The predicted molar refractivity (Wildman–Crippen MR) is 94.1 cm³/mol. The number of ether oxygens (including phenoxy) is 2. The van der Waals surface area contributed by atoms with Crippen LogP contribution < -0.4 is 11.2 Å². The van der Waals surface area contributed by atoms with Crippen molar-refractivity contribution in [1.82, 2.24) is 9.55 Å². The number of aromatic amines is 1. The van der Waals surface area contributed by atoms with Gasteiger partial charge in [-0.25, -0.2) is 4.79 Å². The molecule has 0 spiro atoms. The van der Waals surface area contributed by atoms with Crippen LogP contribution in [0.25, 0.3) is 0 Å². The summed E-state index contributed by atoms with van der Waals surface area (Å²) in [6.45, 7) is 11.5. The van der Waals surface area contributed by atoms with Crippen molar-refractivity contribution in [3.63, 3.8) is 0 Å². The number of rotatable bonds is 4. The maximum atomic E-state index is 12.4. The molecule has 1 fully saturated rings. The maximum absolute atomic E-state index is 12.4. The highest BCUT2D eigenvalue weighted by Gasteiger charge is 2.51. The summed E-state index contributed by atoms with van der Waals surface area (Å²) >= 11 is 0. The average molecular weight is 356 g/mol. The molecule has 0 bridgehead atoms. The van der Waals surface area contributed by atoms with Crippen LogP contribution in [0.1, 0.15) is 32.8 Å². The van der Waals surface area contributed by atoms with Crippen molar-refractivity contribution in [1.29, 1.82) is 0 Å². The summed E-state index contributed by atoms with van der Waals surface area (Å²) in [6.07, 6.45) is 1.22. The third-order valence-electron chi connectivity index (χ3n) is 4.38. The lowest BCUT2D eigenvalue weighted by atomic mass is 10.1. The summed E-state index contributed by atoms with van der Waals surface area (Å²) in [5.41, 5.74) is -0.814. The predicted octanol–water partition coefficient (Wildman–Crippen LogP) is 0.489. The van der Waals surface area contributed by atoms with Crippen molar-refractivity contribution in [2.24, 2.45) is 0 Å². The summed E-state index contributed by atoms with van der Waals surface area (Å²) in [5, 5.41) is 8.89. The molecule has 2 N–H and O–H groups in total. The molecule has 0 unspecified atom stereocenters. The van der Waals surface area contributed by atoms with Gasteiger partial charge in [0.05, 0.1) is 27.1 Å². The first-order chi connectivity index (χ1) is 11.0. The first kappa shape index (κ1) is 19.1. The second kappa shape index (κ2) is 6.59. The first-order valence-electron chi connectivity index (χ1n) is 8.29. The van der Waals surface area contributed by atoms with Crippen LogP contribution in [0.15, 0.2) is 15.8 Å². The Morgan fingerprint density at radius 1 is 1.46 bits per heavy atom. The topological polar surface area (TPSA) is 93.6 Å². The first-order valence-corrected chi connectivity index (χ1v) is 11.2. The molecule has 2 heterocycles. The normalized spacial score (nSPS) is 27.8. The van der Waals surface area contributed by atoms with Crippen LogP contribution in [-0.2, 0) is 14.8 Å². The molecule has 0 aromatic carbocycles. The van der Waals surface area contributed by atoms with Gasteiger partial charge in [0, 0.05) is 18.2 Å². The third kappa shape index (κ3) is 3.56. The van der Waals surface area contributed by atoms with Gasteiger partial charge in [0.1, 0.15) is 11.5 Å². The Labute approximate surface area is 143 Å². The van der Waals surface area contributed by atoms with E-state index in [0.717, 1.165) is 0 Å². The highest BCUT2D eigenvalue weighted by atomic mass is 28.3. The fourth-order valence-electron chi connectivity index (χ4n) is 3.19. The Bertz CT molecular complexity index is 706. The molecule has 7 nitrogen and oxygen atoms in total. The van der Waals surface area contributed by atoms with Crippen LogP contribution >= 0.6 is 0 Å². The molecule has 1 aliphatic rings. The number of hydrogen-bond acceptors (Lipinski definition) is 5. The number of nitrogens with zero attached hydrogens (tertiary/aromatic N) is 1. The fourth-order valence-corrected chi connectivity index (χ4v) is 5.08. The molecule has 8 heteroatoms. The van der Waals surface area contributed by atoms with Gasteiger partial charge in [-0.15, -0.1) is 0 Å². The molecule has 136 valence electrons. The van der Waals surface area contributed by atoms with Crippen molar-refractivity contribution in [2.75, 3.05) is 6.61 Å². The highest BCUT2D eigenvalue weighted by Crippen LogP contribution is 2.39. The van der Waals surface area contributed by atoms with E-state index in [1.807, 2.05) is 20.8 Å². The second-order valence-corrected chi connectivity index (χ2v) is 11.0. The van der Waals surface area contributed by atoms with E-state index < -0.39 is 31.5 Å². The molecule has 0 amide bonds. The van der Waals surface area contributed by atoms with Gasteiger partial charge >= 0.3 is 5.69 Å². The van der Waals surface area contributed by atoms with E-state index in [4.69, 9.17) is 9.47 Å².